The molecule has 0 unspecified atom stereocenters. The van der Waals surface area contributed by atoms with Gasteiger partial charge in [0.05, 0.1) is 0 Å². The predicted molar refractivity (Wildman–Crippen MR) is 125 cm³/mol. The Morgan fingerprint density at radius 3 is 2.42 bits per heavy atom. The normalized spacial score (nSPS) is 14.1. The lowest BCUT2D eigenvalue weighted by molar-refractivity contribution is 0.309. The van der Waals surface area contributed by atoms with Gasteiger partial charge in [0, 0.05) is 61.4 Å². The number of alkyl halides is 1. The summed E-state index contributed by atoms with van der Waals surface area (Å²) >= 11 is 2.15. The van der Waals surface area contributed by atoms with Gasteiger partial charge in [0.1, 0.15) is 0 Å². The molecule has 0 saturated heterocycles. The molecule has 1 aromatic heterocycles. The lowest BCUT2D eigenvalue weighted by Gasteiger charge is -2.25. The van der Waals surface area contributed by atoms with Crippen molar-refractivity contribution in [2.75, 3.05) is 36.5 Å². The first kappa shape index (κ1) is 21.5. The van der Waals surface area contributed by atoms with E-state index in [-0.39, 0.29) is 0 Å². The molecule has 0 saturated carbocycles. The van der Waals surface area contributed by atoms with Gasteiger partial charge >= 0.3 is 0 Å². The Morgan fingerprint density at radius 2 is 1.81 bits per heavy atom. The molecule has 0 atom stereocenters. The van der Waals surface area contributed by atoms with E-state index in [9.17, 15) is 0 Å². The molecule has 0 aliphatic carbocycles. The molecule has 3 nitrogen and oxygen atoms in total. The molecule has 0 amide bonds. The lowest BCUT2D eigenvalue weighted by Crippen LogP contribution is -2.27. The van der Waals surface area contributed by atoms with Gasteiger partial charge in [-0.3, -0.25) is 0 Å². The maximum absolute atomic E-state index is 2.63. The van der Waals surface area contributed by atoms with Crippen molar-refractivity contribution in [3.05, 3.63) is 29.0 Å². The topological polar surface area (TPSA) is 11.4 Å². The Balaban J connectivity index is 0.00000117. The number of nitrogens with zero attached hydrogens (tertiary/aromatic N) is 3. The number of rotatable bonds is 6. The number of halogens is 1. The highest BCUT2D eigenvalue weighted by atomic mass is 127. The van der Waals surface area contributed by atoms with Gasteiger partial charge in [0.25, 0.3) is 0 Å². The summed E-state index contributed by atoms with van der Waals surface area (Å²) < 4.78 is 2.63. The third kappa shape index (κ3) is 4.06. The van der Waals surface area contributed by atoms with Crippen LogP contribution in [0.3, 0.4) is 0 Å². The fourth-order valence-electron chi connectivity index (χ4n) is 4.33. The average molecular weight is 469 g/mol. The van der Waals surface area contributed by atoms with Crippen LogP contribution >= 0.6 is 22.6 Å². The van der Waals surface area contributed by atoms with Crippen LogP contribution in [-0.4, -0.2) is 41.1 Å². The summed E-state index contributed by atoms with van der Waals surface area (Å²) in [4.78, 5) is 6.92. The molecule has 0 spiro atoms. The standard InChI is InChI=1S/C21H33N3.CH3I/c1-6-9-13-24-19-12-14-22(5)15-17(19)21-16(4)18(10-11-20(21)24)23(7-2)8-3;1-2/h10-11H,6-9,12-15H2,1-5H3;1H3. The molecule has 0 N–H and O–H groups in total. The average Bonchev–Trinajstić information content (AvgIpc) is 2.97. The van der Waals surface area contributed by atoms with Crippen molar-refractivity contribution in [1.29, 1.82) is 0 Å². The van der Waals surface area contributed by atoms with Crippen LogP contribution in [0.15, 0.2) is 12.1 Å². The van der Waals surface area contributed by atoms with Gasteiger partial charge in [0.2, 0.25) is 0 Å². The van der Waals surface area contributed by atoms with Crippen LogP contribution in [0, 0.1) is 6.92 Å². The van der Waals surface area contributed by atoms with E-state index in [1.807, 2.05) is 4.93 Å². The van der Waals surface area contributed by atoms with Gasteiger partial charge in [0.15, 0.2) is 0 Å². The van der Waals surface area contributed by atoms with Crippen LogP contribution in [0.25, 0.3) is 10.9 Å². The van der Waals surface area contributed by atoms with Gasteiger partial charge in [-0.05, 0) is 62.4 Å². The van der Waals surface area contributed by atoms with Gasteiger partial charge < -0.3 is 14.4 Å². The minimum atomic E-state index is 1.07. The van der Waals surface area contributed by atoms with E-state index in [0.717, 1.165) is 26.2 Å². The van der Waals surface area contributed by atoms with E-state index in [1.54, 1.807) is 11.3 Å². The van der Waals surface area contributed by atoms with Gasteiger partial charge in [-0.1, -0.05) is 35.9 Å². The van der Waals surface area contributed by atoms with Crippen LogP contribution in [0.1, 0.15) is 50.4 Å². The molecule has 1 aliphatic rings. The van der Waals surface area contributed by atoms with Crippen molar-refractivity contribution in [2.24, 2.45) is 0 Å². The summed E-state index contributed by atoms with van der Waals surface area (Å²) in [5.41, 5.74) is 7.52. The molecule has 146 valence electrons. The minimum Gasteiger partial charge on any atom is -0.372 e. The summed E-state index contributed by atoms with van der Waals surface area (Å²) in [6.45, 7) is 14.7. The quantitative estimate of drug-likeness (QED) is 0.401. The first-order valence-corrected chi connectivity index (χ1v) is 12.2. The second-order valence-corrected chi connectivity index (χ2v) is 7.19. The summed E-state index contributed by atoms with van der Waals surface area (Å²) in [5.74, 6) is 0. The molecular formula is C22H36IN3. The number of benzene rings is 1. The van der Waals surface area contributed by atoms with E-state index < -0.39 is 0 Å². The Morgan fingerprint density at radius 1 is 1.12 bits per heavy atom. The number of fused-ring (bicyclic) bond motifs is 3. The van der Waals surface area contributed by atoms with Crippen LogP contribution in [0.5, 0.6) is 0 Å². The van der Waals surface area contributed by atoms with Crippen LogP contribution in [0.4, 0.5) is 5.69 Å². The fourth-order valence-corrected chi connectivity index (χ4v) is 4.33. The summed E-state index contributed by atoms with van der Waals surface area (Å²) in [6.07, 6.45) is 3.71. The van der Waals surface area contributed by atoms with Crippen molar-refractivity contribution >= 4 is 39.2 Å². The molecule has 0 bridgehead atoms. The SMILES string of the molecule is CCCCn1c2c(c3c(C)c(N(CC)CC)ccc31)CN(C)CC2.CI. The summed E-state index contributed by atoms with van der Waals surface area (Å²) in [7, 11) is 2.25. The zero-order valence-electron chi connectivity index (χ0n) is 17.5. The Kier molecular flexibility index (Phi) is 8.27. The summed E-state index contributed by atoms with van der Waals surface area (Å²) in [5, 5.41) is 1.53. The van der Waals surface area contributed by atoms with Crippen LogP contribution in [-0.2, 0) is 19.5 Å². The molecular weight excluding hydrogens is 433 g/mol. The molecule has 0 radical (unpaired) electrons. The number of aryl methyl sites for hydroxylation is 2. The van der Waals surface area contributed by atoms with Crippen molar-refractivity contribution in [3.8, 4) is 0 Å². The van der Waals surface area contributed by atoms with Crippen LogP contribution < -0.4 is 4.90 Å². The highest BCUT2D eigenvalue weighted by Gasteiger charge is 2.24. The number of unbranched alkanes of at least 4 members (excludes halogenated alkanes) is 1. The van der Waals surface area contributed by atoms with Gasteiger partial charge in [-0.2, -0.15) is 0 Å². The third-order valence-corrected chi connectivity index (χ3v) is 5.68. The van der Waals surface area contributed by atoms with Crippen molar-refractivity contribution in [1.82, 2.24) is 9.47 Å². The van der Waals surface area contributed by atoms with Crippen molar-refractivity contribution in [3.63, 3.8) is 0 Å². The van der Waals surface area contributed by atoms with E-state index in [4.69, 9.17) is 0 Å². The zero-order chi connectivity index (χ0) is 19.3. The molecule has 2 heterocycles. The molecule has 1 aromatic carbocycles. The number of likely N-dealkylation sites (N-methyl/N-ethyl adjacent to an activating group) is 1. The predicted octanol–water partition coefficient (Wildman–Crippen LogP) is 5.64. The lowest BCUT2D eigenvalue weighted by atomic mass is 10.00. The molecule has 4 heteroatoms. The number of anilines is 1. The third-order valence-electron chi connectivity index (χ3n) is 5.68. The van der Waals surface area contributed by atoms with Gasteiger partial charge in [-0.25, -0.2) is 0 Å². The van der Waals surface area contributed by atoms with Crippen molar-refractivity contribution < 1.29 is 0 Å². The highest BCUT2D eigenvalue weighted by molar-refractivity contribution is 14.1. The second kappa shape index (κ2) is 9.98. The number of hydrogen-bond donors (Lipinski definition) is 0. The maximum Gasteiger partial charge on any atom is 0.0490 e. The molecule has 1 aliphatic heterocycles. The van der Waals surface area contributed by atoms with E-state index >= 15 is 0 Å². The molecule has 26 heavy (non-hydrogen) atoms. The Bertz CT molecular complexity index is 716. The largest absolute Gasteiger partial charge is 0.372 e. The summed E-state index contributed by atoms with van der Waals surface area (Å²) in [6, 6.07) is 4.73. The fraction of sp³-hybridized carbons (Fsp3) is 0.636. The first-order chi connectivity index (χ1) is 12.6. The zero-order valence-corrected chi connectivity index (χ0v) is 19.7. The molecule has 2 aromatic rings. The smallest absolute Gasteiger partial charge is 0.0490 e. The highest BCUT2D eigenvalue weighted by Crippen LogP contribution is 2.37. The Labute approximate surface area is 173 Å². The first-order valence-electron chi connectivity index (χ1n) is 10.1. The minimum absolute atomic E-state index is 1.07. The Hall–Kier alpha value is -0.750. The maximum atomic E-state index is 2.63. The van der Waals surface area contributed by atoms with Crippen molar-refractivity contribution in [2.45, 2.75) is 60.0 Å². The second-order valence-electron chi connectivity index (χ2n) is 7.19. The van der Waals surface area contributed by atoms with E-state index in [2.05, 4.69) is 83.8 Å². The monoisotopic (exact) mass is 469 g/mol. The van der Waals surface area contributed by atoms with E-state index in [1.165, 1.54) is 48.0 Å². The molecule has 3 rings (SSSR count). The number of aromatic nitrogens is 1. The number of hydrogen-bond acceptors (Lipinski definition) is 2. The van der Waals surface area contributed by atoms with E-state index in [0.29, 0.717) is 0 Å². The molecule has 0 fully saturated rings. The van der Waals surface area contributed by atoms with Crippen LogP contribution in [0.2, 0.25) is 0 Å². The van der Waals surface area contributed by atoms with Gasteiger partial charge in [-0.15, -0.1) is 0 Å².